The van der Waals surface area contributed by atoms with Gasteiger partial charge in [0.2, 0.25) is 0 Å². The lowest BCUT2D eigenvalue weighted by atomic mass is 9.94. The topological polar surface area (TPSA) is 24.9 Å². The first-order valence-corrected chi connectivity index (χ1v) is 7.80. The molecule has 0 aliphatic carbocycles. The fourth-order valence-corrected chi connectivity index (χ4v) is 2.69. The van der Waals surface area contributed by atoms with E-state index in [1.165, 1.54) is 16.7 Å². The summed E-state index contributed by atoms with van der Waals surface area (Å²) in [5, 5.41) is 3.58. The van der Waals surface area contributed by atoms with E-state index in [4.69, 9.17) is 0 Å². The SMILES string of the molecule is CCNC(c1ccc(C(C)C)cc1)c1ccc(C)nc1C. The molecule has 112 valence electrons. The molecule has 2 rings (SSSR count). The molecular formula is C19H26N2. The maximum absolute atomic E-state index is 4.61. The van der Waals surface area contributed by atoms with Gasteiger partial charge in [0.25, 0.3) is 0 Å². The van der Waals surface area contributed by atoms with Gasteiger partial charge in [-0.15, -0.1) is 0 Å². The monoisotopic (exact) mass is 282 g/mol. The summed E-state index contributed by atoms with van der Waals surface area (Å²) in [6, 6.07) is 13.5. The van der Waals surface area contributed by atoms with Crippen LogP contribution in [-0.4, -0.2) is 11.5 Å². The maximum atomic E-state index is 4.61. The van der Waals surface area contributed by atoms with Gasteiger partial charge >= 0.3 is 0 Å². The molecule has 1 unspecified atom stereocenters. The fourth-order valence-electron chi connectivity index (χ4n) is 2.69. The number of aryl methyl sites for hydroxylation is 2. The van der Waals surface area contributed by atoms with Crippen LogP contribution in [0.2, 0.25) is 0 Å². The third kappa shape index (κ3) is 3.70. The molecule has 0 saturated carbocycles. The molecule has 1 heterocycles. The zero-order valence-electron chi connectivity index (χ0n) is 13.8. The second kappa shape index (κ2) is 6.86. The van der Waals surface area contributed by atoms with Crippen molar-refractivity contribution in [3.63, 3.8) is 0 Å². The molecule has 0 saturated heterocycles. The molecule has 0 spiro atoms. The van der Waals surface area contributed by atoms with Crippen molar-refractivity contribution >= 4 is 0 Å². The number of hydrogen-bond acceptors (Lipinski definition) is 2. The normalized spacial score (nSPS) is 12.7. The summed E-state index contributed by atoms with van der Waals surface area (Å²) in [7, 11) is 0. The summed E-state index contributed by atoms with van der Waals surface area (Å²) < 4.78 is 0. The molecule has 0 aliphatic heterocycles. The van der Waals surface area contributed by atoms with E-state index < -0.39 is 0 Å². The van der Waals surface area contributed by atoms with E-state index in [2.05, 4.69) is 74.4 Å². The van der Waals surface area contributed by atoms with Crippen molar-refractivity contribution in [2.45, 2.75) is 46.6 Å². The number of nitrogens with one attached hydrogen (secondary N) is 1. The summed E-state index contributed by atoms with van der Waals surface area (Å²) in [5.74, 6) is 0.569. The molecule has 21 heavy (non-hydrogen) atoms. The largest absolute Gasteiger partial charge is 0.306 e. The number of aromatic nitrogens is 1. The average molecular weight is 282 g/mol. The van der Waals surface area contributed by atoms with Gasteiger partial charge in [-0.2, -0.15) is 0 Å². The highest BCUT2D eigenvalue weighted by molar-refractivity contribution is 5.36. The Balaban J connectivity index is 2.38. The maximum Gasteiger partial charge on any atom is 0.0594 e. The lowest BCUT2D eigenvalue weighted by Gasteiger charge is -2.21. The van der Waals surface area contributed by atoms with Gasteiger partial charge in [0.1, 0.15) is 0 Å². The first-order valence-electron chi connectivity index (χ1n) is 7.80. The smallest absolute Gasteiger partial charge is 0.0594 e. The molecule has 2 nitrogen and oxygen atoms in total. The van der Waals surface area contributed by atoms with Crippen molar-refractivity contribution < 1.29 is 0 Å². The molecular weight excluding hydrogens is 256 g/mol. The predicted molar refractivity (Wildman–Crippen MR) is 89.8 cm³/mol. The van der Waals surface area contributed by atoms with E-state index in [9.17, 15) is 0 Å². The van der Waals surface area contributed by atoms with E-state index in [1.54, 1.807) is 0 Å². The van der Waals surface area contributed by atoms with E-state index in [-0.39, 0.29) is 6.04 Å². The third-order valence-corrected chi connectivity index (χ3v) is 3.92. The Morgan fingerprint density at radius 2 is 1.57 bits per heavy atom. The molecule has 1 aromatic heterocycles. The Hall–Kier alpha value is -1.67. The number of pyridine rings is 1. The summed E-state index contributed by atoms with van der Waals surface area (Å²) in [6.07, 6.45) is 0. The van der Waals surface area contributed by atoms with Crippen LogP contribution in [0.25, 0.3) is 0 Å². The second-order valence-electron chi connectivity index (χ2n) is 5.94. The van der Waals surface area contributed by atoms with Crippen LogP contribution in [0.5, 0.6) is 0 Å². The molecule has 0 fully saturated rings. The van der Waals surface area contributed by atoms with Crippen molar-refractivity contribution in [1.29, 1.82) is 0 Å². The zero-order valence-corrected chi connectivity index (χ0v) is 13.8. The highest BCUT2D eigenvalue weighted by atomic mass is 14.9. The summed E-state index contributed by atoms with van der Waals surface area (Å²) in [4.78, 5) is 4.61. The van der Waals surface area contributed by atoms with Gasteiger partial charge in [-0.3, -0.25) is 4.98 Å². The Bertz CT molecular complexity index is 585. The first kappa shape index (κ1) is 15.7. The van der Waals surface area contributed by atoms with Crippen LogP contribution in [0.4, 0.5) is 0 Å². The van der Waals surface area contributed by atoms with Crippen LogP contribution in [-0.2, 0) is 0 Å². The lowest BCUT2D eigenvalue weighted by Crippen LogP contribution is -2.23. The molecule has 0 radical (unpaired) electrons. The van der Waals surface area contributed by atoms with Crippen molar-refractivity contribution in [1.82, 2.24) is 10.3 Å². The lowest BCUT2D eigenvalue weighted by molar-refractivity contribution is 0.624. The van der Waals surface area contributed by atoms with Gasteiger partial charge in [-0.25, -0.2) is 0 Å². The van der Waals surface area contributed by atoms with Crippen LogP contribution >= 0.6 is 0 Å². The van der Waals surface area contributed by atoms with E-state index in [1.807, 2.05) is 6.92 Å². The highest BCUT2D eigenvalue weighted by Crippen LogP contribution is 2.26. The van der Waals surface area contributed by atoms with E-state index >= 15 is 0 Å². The predicted octanol–water partition coefficient (Wildman–Crippen LogP) is 4.52. The summed E-state index contributed by atoms with van der Waals surface area (Å²) in [6.45, 7) is 11.7. The minimum absolute atomic E-state index is 0.212. The van der Waals surface area contributed by atoms with Gasteiger partial charge in [0, 0.05) is 11.4 Å². The van der Waals surface area contributed by atoms with Crippen molar-refractivity contribution in [3.05, 3.63) is 64.5 Å². The van der Waals surface area contributed by atoms with Crippen molar-refractivity contribution in [3.8, 4) is 0 Å². The third-order valence-electron chi connectivity index (χ3n) is 3.92. The summed E-state index contributed by atoms with van der Waals surface area (Å²) >= 11 is 0. The number of nitrogens with zero attached hydrogens (tertiary/aromatic N) is 1. The van der Waals surface area contributed by atoms with Gasteiger partial charge in [0.15, 0.2) is 0 Å². The van der Waals surface area contributed by atoms with Gasteiger partial charge in [0.05, 0.1) is 6.04 Å². The summed E-state index contributed by atoms with van der Waals surface area (Å²) in [5.41, 5.74) is 6.12. The Labute approximate surface area is 128 Å². The van der Waals surface area contributed by atoms with Crippen LogP contribution in [0.1, 0.15) is 60.8 Å². The quantitative estimate of drug-likeness (QED) is 0.872. The molecule has 1 atom stereocenters. The van der Waals surface area contributed by atoms with Crippen LogP contribution in [0, 0.1) is 13.8 Å². The van der Waals surface area contributed by atoms with Crippen LogP contribution < -0.4 is 5.32 Å². The molecule has 1 N–H and O–H groups in total. The van der Waals surface area contributed by atoms with Crippen molar-refractivity contribution in [2.24, 2.45) is 0 Å². The highest BCUT2D eigenvalue weighted by Gasteiger charge is 2.16. The molecule has 2 heteroatoms. The van der Waals surface area contributed by atoms with Gasteiger partial charge in [-0.1, -0.05) is 51.1 Å². The van der Waals surface area contributed by atoms with E-state index in [0.717, 1.165) is 17.9 Å². The number of rotatable bonds is 5. The Morgan fingerprint density at radius 3 is 2.10 bits per heavy atom. The van der Waals surface area contributed by atoms with E-state index in [0.29, 0.717) is 5.92 Å². The molecule has 1 aromatic carbocycles. The molecule has 0 bridgehead atoms. The average Bonchev–Trinajstić information content (AvgIpc) is 2.46. The number of benzene rings is 1. The Morgan fingerprint density at radius 1 is 0.952 bits per heavy atom. The first-order chi connectivity index (χ1) is 10.0. The molecule has 0 amide bonds. The standard InChI is InChI=1S/C19H26N2/c1-6-20-19(18-12-7-14(4)21-15(18)5)17-10-8-16(9-11-17)13(2)3/h7-13,19-20H,6H2,1-5H3. The zero-order chi connectivity index (χ0) is 15.4. The number of hydrogen-bond donors (Lipinski definition) is 1. The minimum Gasteiger partial charge on any atom is -0.306 e. The molecule has 0 aliphatic rings. The Kier molecular flexibility index (Phi) is 5.13. The van der Waals surface area contributed by atoms with Crippen LogP contribution in [0.3, 0.4) is 0 Å². The fraction of sp³-hybridized carbons (Fsp3) is 0.421. The van der Waals surface area contributed by atoms with Gasteiger partial charge in [-0.05, 0) is 49.1 Å². The van der Waals surface area contributed by atoms with Crippen LogP contribution in [0.15, 0.2) is 36.4 Å². The molecule has 2 aromatic rings. The van der Waals surface area contributed by atoms with Gasteiger partial charge < -0.3 is 5.32 Å². The minimum atomic E-state index is 0.212. The second-order valence-corrected chi connectivity index (χ2v) is 5.94. The van der Waals surface area contributed by atoms with Crippen molar-refractivity contribution in [2.75, 3.05) is 6.54 Å².